The smallest absolute Gasteiger partial charge is 0.338 e. The summed E-state index contributed by atoms with van der Waals surface area (Å²) in [6.07, 6.45) is 1.69. The van der Waals surface area contributed by atoms with E-state index in [1.807, 2.05) is 19.2 Å². The van der Waals surface area contributed by atoms with Crippen molar-refractivity contribution in [1.82, 2.24) is 10.3 Å². The van der Waals surface area contributed by atoms with Crippen LogP contribution in [0.1, 0.15) is 42.9 Å². The highest BCUT2D eigenvalue weighted by Gasteiger charge is 2.33. The molecule has 2 aromatic rings. The van der Waals surface area contributed by atoms with Crippen LogP contribution in [0.2, 0.25) is 0 Å². The molecule has 8 heteroatoms. The number of nitrogens with one attached hydrogen (secondary N) is 1. The van der Waals surface area contributed by atoms with E-state index in [9.17, 15) is 9.18 Å². The molecule has 2 heterocycles. The molecule has 28 heavy (non-hydrogen) atoms. The van der Waals surface area contributed by atoms with E-state index in [1.165, 1.54) is 17.4 Å². The van der Waals surface area contributed by atoms with Crippen molar-refractivity contribution < 1.29 is 13.9 Å². The van der Waals surface area contributed by atoms with Gasteiger partial charge in [0.15, 0.2) is 10.8 Å². The standard InChI is InChI=1S/C18H17BrFN3O2S.C2H6/c1-3-25-18(24)14-13(9-19)22-16(17-21-7-8-26-17)23-15(14)11-5-4-6-12(20)10(11)2;1-2/h4-8,15H,3,9H2,1-2H3,(H,22,23);1-2H3/t15-;/m0./s1. The molecule has 1 aromatic carbocycles. The highest BCUT2D eigenvalue weighted by molar-refractivity contribution is 9.09. The SMILES string of the molecule is CC.CCOC(=O)C1=C(CBr)NC(c2nccs2)=N[C@H]1c1cccc(F)c1C. The number of alkyl halides is 1. The highest BCUT2D eigenvalue weighted by atomic mass is 79.9. The van der Waals surface area contributed by atoms with E-state index in [0.29, 0.717) is 38.6 Å². The van der Waals surface area contributed by atoms with E-state index in [-0.39, 0.29) is 12.4 Å². The van der Waals surface area contributed by atoms with E-state index in [2.05, 4.69) is 31.2 Å². The summed E-state index contributed by atoms with van der Waals surface area (Å²) in [5.74, 6) is -0.253. The van der Waals surface area contributed by atoms with Gasteiger partial charge in [-0.25, -0.2) is 14.2 Å². The zero-order chi connectivity index (χ0) is 20.7. The summed E-state index contributed by atoms with van der Waals surface area (Å²) in [5.41, 5.74) is 2.09. The number of amidine groups is 1. The number of thiazole rings is 1. The fourth-order valence-electron chi connectivity index (χ4n) is 2.74. The molecule has 0 radical (unpaired) electrons. The monoisotopic (exact) mass is 467 g/mol. The Balaban J connectivity index is 0.00000136. The zero-order valence-corrected chi connectivity index (χ0v) is 18.7. The lowest BCUT2D eigenvalue weighted by Gasteiger charge is -2.27. The van der Waals surface area contributed by atoms with E-state index >= 15 is 0 Å². The number of aromatic nitrogens is 1. The van der Waals surface area contributed by atoms with Crippen LogP contribution in [-0.4, -0.2) is 28.7 Å². The predicted molar refractivity (Wildman–Crippen MR) is 114 cm³/mol. The Morgan fingerprint density at radius 3 is 2.75 bits per heavy atom. The number of allylic oxidation sites excluding steroid dienone is 1. The number of nitrogens with zero attached hydrogens (tertiary/aromatic N) is 2. The van der Waals surface area contributed by atoms with E-state index in [4.69, 9.17) is 4.74 Å². The van der Waals surface area contributed by atoms with Gasteiger partial charge in [0.25, 0.3) is 0 Å². The number of hydrogen-bond donors (Lipinski definition) is 1. The first kappa shape index (κ1) is 22.2. The topological polar surface area (TPSA) is 63.6 Å². The molecule has 1 N–H and O–H groups in total. The number of benzene rings is 1. The Labute approximate surface area is 176 Å². The van der Waals surface area contributed by atoms with Gasteiger partial charge in [-0.3, -0.25) is 4.99 Å². The number of carbonyl (C=O) groups is 1. The van der Waals surface area contributed by atoms with Crippen LogP contribution < -0.4 is 5.32 Å². The van der Waals surface area contributed by atoms with Crippen molar-refractivity contribution >= 4 is 39.1 Å². The third-order valence-electron chi connectivity index (χ3n) is 3.99. The maximum Gasteiger partial charge on any atom is 0.338 e. The Morgan fingerprint density at radius 2 is 2.14 bits per heavy atom. The molecule has 5 nitrogen and oxygen atoms in total. The Bertz CT molecular complexity index is 882. The summed E-state index contributed by atoms with van der Waals surface area (Å²) in [4.78, 5) is 21.6. The fraction of sp³-hybridized carbons (Fsp3) is 0.350. The molecule has 1 aromatic heterocycles. The number of hydrogen-bond acceptors (Lipinski definition) is 6. The summed E-state index contributed by atoms with van der Waals surface area (Å²) >= 11 is 4.85. The molecule has 0 bridgehead atoms. The van der Waals surface area contributed by atoms with Crippen molar-refractivity contribution in [3.8, 4) is 0 Å². The summed E-state index contributed by atoms with van der Waals surface area (Å²) in [6, 6.07) is 4.12. The average molecular weight is 468 g/mol. The predicted octanol–water partition coefficient (Wildman–Crippen LogP) is 4.92. The maximum atomic E-state index is 14.1. The van der Waals surface area contributed by atoms with Gasteiger partial charge in [0.1, 0.15) is 11.9 Å². The van der Waals surface area contributed by atoms with Gasteiger partial charge in [0.05, 0.1) is 12.2 Å². The lowest BCUT2D eigenvalue weighted by molar-refractivity contribution is -0.138. The second-order valence-electron chi connectivity index (χ2n) is 5.54. The molecule has 1 aliphatic rings. The van der Waals surface area contributed by atoms with Crippen LogP contribution in [0.25, 0.3) is 0 Å². The van der Waals surface area contributed by atoms with Crippen molar-refractivity contribution in [1.29, 1.82) is 0 Å². The summed E-state index contributed by atoms with van der Waals surface area (Å²) in [6.45, 7) is 7.67. The van der Waals surface area contributed by atoms with Crippen molar-refractivity contribution in [2.75, 3.05) is 11.9 Å². The van der Waals surface area contributed by atoms with Crippen LogP contribution in [0.5, 0.6) is 0 Å². The van der Waals surface area contributed by atoms with Gasteiger partial charge in [0, 0.05) is 22.6 Å². The van der Waals surface area contributed by atoms with E-state index < -0.39 is 12.0 Å². The molecule has 1 atom stereocenters. The number of carbonyl (C=O) groups excluding carboxylic acids is 1. The number of esters is 1. The summed E-state index contributed by atoms with van der Waals surface area (Å²) < 4.78 is 19.4. The van der Waals surface area contributed by atoms with Gasteiger partial charge in [-0.05, 0) is 31.0 Å². The molecule has 0 unspecified atom stereocenters. The van der Waals surface area contributed by atoms with Crippen LogP contribution in [0.15, 0.2) is 46.0 Å². The van der Waals surface area contributed by atoms with Crippen molar-refractivity contribution in [3.63, 3.8) is 0 Å². The number of halogens is 2. The van der Waals surface area contributed by atoms with Gasteiger partial charge in [-0.15, -0.1) is 11.3 Å². The van der Waals surface area contributed by atoms with E-state index in [1.54, 1.807) is 32.2 Å². The van der Waals surface area contributed by atoms with Crippen LogP contribution in [0.3, 0.4) is 0 Å². The zero-order valence-electron chi connectivity index (χ0n) is 16.3. The van der Waals surface area contributed by atoms with Gasteiger partial charge >= 0.3 is 5.97 Å². The van der Waals surface area contributed by atoms with Gasteiger partial charge in [0.2, 0.25) is 0 Å². The van der Waals surface area contributed by atoms with Gasteiger partial charge in [-0.1, -0.05) is 41.9 Å². The number of rotatable bonds is 5. The molecular weight excluding hydrogens is 445 g/mol. The molecule has 0 saturated heterocycles. The van der Waals surface area contributed by atoms with Gasteiger partial charge in [-0.2, -0.15) is 0 Å². The lowest BCUT2D eigenvalue weighted by Crippen LogP contribution is -2.34. The van der Waals surface area contributed by atoms with Gasteiger partial charge < -0.3 is 10.1 Å². The van der Waals surface area contributed by atoms with Crippen LogP contribution in [0, 0.1) is 12.7 Å². The largest absolute Gasteiger partial charge is 0.463 e. The second-order valence-corrected chi connectivity index (χ2v) is 7.00. The molecule has 150 valence electrons. The first-order valence-corrected chi connectivity index (χ1v) is 11.0. The minimum absolute atomic E-state index is 0.246. The molecular formula is C20H23BrFN3O2S. The fourth-order valence-corrected chi connectivity index (χ4v) is 3.77. The molecule has 0 amide bonds. The molecule has 0 fully saturated rings. The average Bonchev–Trinajstić information content (AvgIpc) is 3.25. The molecule has 1 aliphatic heterocycles. The van der Waals surface area contributed by atoms with Crippen molar-refractivity contribution in [2.24, 2.45) is 4.99 Å². The normalized spacial score (nSPS) is 15.9. The minimum Gasteiger partial charge on any atom is -0.463 e. The second kappa shape index (κ2) is 10.5. The maximum absolute atomic E-state index is 14.1. The van der Waals surface area contributed by atoms with E-state index in [0.717, 1.165) is 0 Å². The number of aliphatic imine (C=N–C) groups is 1. The first-order chi connectivity index (χ1) is 13.6. The van der Waals surface area contributed by atoms with Crippen molar-refractivity contribution in [2.45, 2.75) is 33.7 Å². The highest BCUT2D eigenvalue weighted by Crippen LogP contribution is 2.35. The Morgan fingerprint density at radius 1 is 1.39 bits per heavy atom. The summed E-state index contributed by atoms with van der Waals surface area (Å²) in [5, 5.41) is 6.11. The third kappa shape index (κ3) is 4.67. The summed E-state index contributed by atoms with van der Waals surface area (Å²) in [7, 11) is 0. The minimum atomic E-state index is -0.669. The molecule has 0 saturated carbocycles. The molecule has 0 aliphatic carbocycles. The quantitative estimate of drug-likeness (QED) is 0.500. The first-order valence-electron chi connectivity index (χ1n) is 9.02. The van der Waals surface area contributed by atoms with Crippen LogP contribution in [-0.2, 0) is 9.53 Å². The Hall–Kier alpha value is -2.06. The van der Waals surface area contributed by atoms with Crippen LogP contribution in [0.4, 0.5) is 4.39 Å². The molecule has 3 rings (SSSR count). The third-order valence-corrected chi connectivity index (χ3v) is 5.33. The Kier molecular flexibility index (Phi) is 8.32. The number of ether oxygens (including phenoxy) is 1. The van der Waals surface area contributed by atoms with Crippen molar-refractivity contribution in [3.05, 3.63) is 63.0 Å². The molecule has 0 spiro atoms. The van der Waals surface area contributed by atoms with Crippen LogP contribution >= 0.6 is 27.3 Å². The lowest BCUT2D eigenvalue weighted by atomic mass is 9.92.